The lowest BCUT2D eigenvalue weighted by Crippen LogP contribution is -2.33. The van der Waals surface area contributed by atoms with Gasteiger partial charge in [0.05, 0.1) is 19.2 Å². The van der Waals surface area contributed by atoms with Crippen molar-refractivity contribution in [3.63, 3.8) is 0 Å². The minimum absolute atomic E-state index is 0.0499. The minimum Gasteiger partial charge on any atom is -0.481 e. The lowest BCUT2D eigenvalue weighted by Gasteiger charge is -2.19. The Balaban J connectivity index is 2.70. The quantitative estimate of drug-likeness (QED) is 0.836. The molecule has 2 N–H and O–H groups in total. The smallest absolute Gasteiger partial charge is 0.407 e. The molecule has 0 aliphatic heterocycles. The first-order valence-electron chi connectivity index (χ1n) is 5.53. The van der Waals surface area contributed by atoms with Gasteiger partial charge in [-0.3, -0.25) is 14.6 Å². The van der Waals surface area contributed by atoms with Crippen molar-refractivity contribution in [2.24, 2.45) is 7.05 Å². The number of ether oxygens (including phenoxy) is 2. The van der Waals surface area contributed by atoms with E-state index in [0.29, 0.717) is 11.4 Å². The van der Waals surface area contributed by atoms with Crippen LogP contribution in [0.3, 0.4) is 0 Å². The number of carbonyl (C=O) groups is 1. The molecule has 0 saturated carbocycles. The van der Waals surface area contributed by atoms with E-state index in [1.54, 1.807) is 27.8 Å². The van der Waals surface area contributed by atoms with Gasteiger partial charge in [-0.2, -0.15) is 0 Å². The number of alkyl carbamates (subject to hydrolysis) is 1. The number of aromatic amines is 1. The van der Waals surface area contributed by atoms with Crippen LogP contribution in [0, 0.1) is 0 Å². The summed E-state index contributed by atoms with van der Waals surface area (Å²) in [5, 5.41) is 5.05. The maximum atomic E-state index is 11.6. The molecule has 7 heteroatoms. The Morgan fingerprint density at radius 2 is 2.06 bits per heavy atom. The molecule has 7 nitrogen and oxygen atoms in total. The molecule has 0 saturated heterocycles. The summed E-state index contributed by atoms with van der Waals surface area (Å²) in [6.45, 7) is 5.35. The Morgan fingerprint density at radius 1 is 1.44 bits per heavy atom. The van der Waals surface area contributed by atoms with Crippen molar-refractivity contribution in [2.75, 3.05) is 7.11 Å². The van der Waals surface area contributed by atoms with Gasteiger partial charge >= 0.3 is 6.09 Å². The van der Waals surface area contributed by atoms with Crippen LogP contribution in [0.1, 0.15) is 26.3 Å². The van der Waals surface area contributed by atoms with Crippen LogP contribution in [0.5, 0.6) is 5.88 Å². The standard InChI is InChI=1S/C11H19N3O4/c1-11(2,3)18-10(16)12-6-7-8(15)13-14(4)9(7)17-5/h6H2,1-5H3,(H,12,16)(H,13,15). The highest BCUT2D eigenvalue weighted by Crippen LogP contribution is 2.12. The first-order valence-corrected chi connectivity index (χ1v) is 5.53. The third-order valence-corrected chi connectivity index (χ3v) is 2.11. The number of rotatable bonds is 3. The number of nitrogens with one attached hydrogen (secondary N) is 2. The zero-order valence-electron chi connectivity index (χ0n) is 11.3. The maximum absolute atomic E-state index is 11.6. The SMILES string of the molecule is COc1c(CNC(=O)OC(C)(C)C)c(=O)[nH]n1C. The highest BCUT2D eigenvalue weighted by atomic mass is 16.6. The second-order valence-corrected chi connectivity index (χ2v) is 4.84. The summed E-state index contributed by atoms with van der Waals surface area (Å²) < 4.78 is 11.6. The molecule has 0 spiro atoms. The second kappa shape index (κ2) is 5.16. The topological polar surface area (TPSA) is 85.3 Å². The highest BCUT2D eigenvalue weighted by Gasteiger charge is 2.18. The molecule has 0 aliphatic rings. The van der Waals surface area contributed by atoms with Crippen LogP contribution in [0.2, 0.25) is 0 Å². The van der Waals surface area contributed by atoms with Crippen molar-refractivity contribution in [1.82, 2.24) is 15.1 Å². The zero-order chi connectivity index (χ0) is 13.9. The zero-order valence-corrected chi connectivity index (χ0v) is 11.3. The van der Waals surface area contributed by atoms with Gasteiger partial charge in [-0.05, 0) is 20.8 Å². The summed E-state index contributed by atoms with van der Waals surface area (Å²) in [5.41, 5.74) is -0.520. The molecular weight excluding hydrogens is 238 g/mol. The molecule has 0 aliphatic carbocycles. The molecule has 18 heavy (non-hydrogen) atoms. The van der Waals surface area contributed by atoms with Crippen LogP contribution in [-0.2, 0) is 18.3 Å². The number of methoxy groups -OCH3 is 1. The van der Waals surface area contributed by atoms with Gasteiger partial charge in [0.1, 0.15) is 5.60 Å². The number of hydrogen-bond donors (Lipinski definition) is 2. The van der Waals surface area contributed by atoms with Crippen molar-refractivity contribution in [2.45, 2.75) is 32.9 Å². The number of H-pyrrole nitrogens is 1. The number of hydrogen-bond acceptors (Lipinski definition) is 4. The van der Waals surface area contributed by atoms with Gasteiger partial charge in [0.15, 0.2) is 0 Å². The molecule has 0 fully saturated rings. The average molecular weight is 257 g/mol. The van der Waals surface area contributed by atoms with Crippen molar-refractivity contribution in [3.8, 4) is 5.88 Å². The fourth-order valence-electron chi connectivity index (χ4n) is 1.46. The van der Waals surface area contributed by atoms with E-state index in [1.165, 1.54) is 11.8 Å². The van der Waals surface area contributed by atoms with Crippen LogP contribution in [0.25, 0.3) is 0 Å². The summed E-state index contributed by atoms with van der Waals surface area (Å²) in [6.07, 6.45) is -0.576. The van der Waals surface area contributed by atoms with Gasteiger partial charge in [0.25, 0.3) is 5.56 Å². The van der Waals surface area contributed by atoms with E-state index in [2.05, 4.69) is 10.4 Å². The molecule has 0 radical (unpaired) electrons. The molecule has 1 heterocycles. The van der Waals surface area contributed by atoms with Crippen LogP contribution < -0.4 is 15.6 Å². The van der Waals surface area contributed by atoms with Crippen LogP contribution in [-0.4, -0.2) is 28.6 Å². The third kappa shape index (κ3) is 3.54. The summed E-state index contributed by atoms with van der Waals surface area (Å²) in [4.78, 5) is 23.0. The Labute approximate surface area is 105 Å². The summed E-state index contributed by atoms with van der Waals surface area (Å²) >= 11 is 0. The van der Waals surface area contributed by atoms with E-state index in [4.69, 9.17) is 9.47 Å². The van der Waals surface area contributed by atoms with E-state index < -0.39 is 11.7 Å². The third-order valence-electron chi connectivity index (χ3n) is 2.11. The van der Waals surface area contributed by atoms with Gasteiger partial charge in [-0.1, -0.05) is 0 Å². The number of nitrogens with zero attached hydrogens (tertiary/aromatic N) is 1. The van der Waals surface area contributed by atoms with Crippen LogP contribution >= 0.6 is 0 Å². The van der Waals surface area contributed by atoms with E-state index in [9.17, 15) is 9.59 Å². The Hall–Kier alpha value is -1.92. The van der Waals surface area contributed by atoms with Gasteiger partial charge < -0.3 is 14.8 Å². The lowest BCUT2D eigenvalue weighted by atomic mass is 10.2. The number of aromatic nitrogens is 2. The monoisotopic (exact) mass is 257 g/mol. The lowest BCUT2D eigenvalue weighted by molar-refractivity contribution is 0.0523. The molecular formula is C11H19N3O4. The number of amides is 1. The minimum atomic E-state index is -0.576. The van der Waals surface area contributed by atoms with Crippen molar-refractivity contribution in [1.29, 1.82) is 0 Å². The summed E-state index contributed by atoms with van der Waals surface area (Å²) in [6, 6.07) is 0. The van der Waals surface area contributed by atoms with E-state index in [-0.39, 0.29) is 12.1 Å². The highest BCUT2D eigenvalue weighted by molar-refractivity contribution is 5.67. The Bertz CT molecular complexity index is 481. The first kappa shape index (κ1) is 14.1. The molecule has 0 unspecified atom stereocenters. The number of aryl methyl sites for hydroxylation is 1. The summed E-state index contributed by atoms with van der Waals surface area (Å²) in [5.74, 6) is 0.385. The molecule has 0 aromatic carbocycles. The predicted octanol–water partition coefficient (Wildman–Crippen LogP) is 0.747. The molecule has 0 atom stereocenters. The molecule has 1 aromatic rings. The van der Waals surface area contributed by atoms with E-state index >= 15 is 0 Å². The molecule has 1 amide bonds. The van der Waals surface area contributed by atoms with Gasteiger partial charge in [0.2, 0.25) is 5.88 Å². The molecule has 0 bridgehead atoms. The first-order chi connectivity index (χ1) is 8.24. The van der Waals surface area contributed by atoms with E-state index in [0.717, 1.165) is 0 Å². The predicted molar refractivity (Wildman–Crippen MR) is 65.7 cm³/mol. The van der Waals surface area contributed by atoms with Gasteiger partial charge in [-0.15, -0.1) is 0 Å². The maximum Gasteiger partial charge on any atom is 0.407 e. The molecule has 102 valence electrons. The average Bonchev–Trinajstić information content (AvgIpc) is 2.47. The van der Waals surface area contributed by atoms with Crippen molar-refractivity contribution < 1.29 is 14.3 Å². The fraction of sp³-hybridized carbons (Fsp3) is 0.636. The van der Waals surface area contributed by atoms with E-state index in [1.807, 2.05) is 0 Å². The Kier molecular flexibility index (Phi) is 4.05. The van der Waals surface area contributed by atoms with Gasteiger partial charge in [-0.25, -0.2) is 4.79 Å². The largest absolute Gasteiger partial charge is 0.481 e. The Morgan fingerprint density at radius 3 is 2.56 bits per heavy atom. The fourth-order valence-corrected chi connectivity index (χ4v) is 1.46. The van der Waals surface area contributed by atoms with Crippen LogP contribution in [0.4, 0.5) is 4.79 Å². The normalized spacial score (nSPS) is 11.2. The van der Waals surface area contributed by atoms with Crippen molar-refractivity contribution in [3.05, 3.63) is 15.9 Å². The summed E-state index contributed by atoms with van der Waals surface area (Å²) in [7, 11) is 3.11. The number of carbonyl (C=O) groups excluding carboxylic acids is 1. The molecule has 1 aromatic heterocycles. The second-order valence-electron chi connectivity index (χ2n) is 4.84. The molecule has 1 rings (SSSR count). The van der Waals surface area contributed by atoms with Gasteiger partial charge in [0, 0.05) is 7.05 Å². The van der Waals surface area contributed by atoms with Crippen molar-refractivity contribution >= 4 is 6.09 Å². The van der Waals surface area contributed by atoms with Crippen LogP contribution in [0.15, 0.2) is 4.79 Å².